The lowest BCUT2D eigenvalue weighted by atomic mass is 10.1. The van der Waals surface area contributed by atoms with Crippen molar-refractivity contribution in [1.29, 1.82) is 0 Å². The largest absolute Gasteiger partial charge is 0.480 e. The van der Waals surface area contributed by atoms with E-state index in [0.29, 0.717) is 19.8 Å². The molecule has 1 aromatic rings. The van der Waals surface area contributed by atoms with Crippen molar-refractivity contribution in [2.24, 2.45) is 0 Å². The van der Waals surface area contributed by atoms with Gasteiger partial charge in [-0.3, -0.25) is 14.7 Å². The van der Waals surface area contributed by atoms with Gasteiger partial charge in [-0.05, 0) is 17.7 Å². The lowest BCUT2D eigenvalue weighted by molar-refractivity contribution is -0.142. The molecule has 2 rings (SSSR count). The molecular weight excluding hydrogens is 208 g/mol. The Bertz CT molecular complexity index is 352. The predicted octanol–water partition coefficient (Wildman–Crippen LogP) is 0.367. The molecule has 1 aliphatic heterocycles. The van der Waals surface area contributed by atoms with E-state index in [0.717, 1.165) is 5.56 Å². The predicted molar refractivity (Wildman–Crippen MR) is 56.9 cm³/mol. The number of carbonyl (C=O) groups is 1. The molecule has 0 bridgehead atoms. The summed E-state index contributed by atoms with van der Waals surface area (Å²) in [6, 6.07) is 4.02. The number of pyridine rings is 1. The molecule has 0 atom stereocenters. The summed E-state index contributed by atoms with van der Waals surface area (Å²) in [5.74, 6) is -0.805. The summed E-state index contributed by atoms with van der Waals surface area (Å²) in [5, 5.41) is 8.84. The monoisotopic (exact) mass is 222 g/mol. The molecule has 0 aromatic carbocycles. The molecule has 1 N–H and O–H groups in total. The Balaban J connectivity index is 1.98. The van der Waals surface area contributed by atoms with E-state index in [4.69, 9.17) is 9.84 Å². The third kappa shape index (κ3) is 2.77. The highest BCUT2D eigenvalue weighted by molar-refractivity contribution is 5.69. The average molecular weight is 222 g/mol. The molecule has 1 saturated heterocycles. The molecule has 0 spiro atoms. The van der Waals surface area contributed by atoms with Crippen LogP contribution in [0.2, 0.25) is 0 Å². The topological polar surface area (TPSA) is 62.7 Å². The van der Waals surface area contributed by atoms with Gasteiger partial charge in [0.25, 0.3) is 0 Å². The minimum absolute atomic E-state index is 0.0519. The molecule has 86 valence electrons. The normalized spacial score (nSPS) is 16.1. The van der Waals surface area contributed by atoms with Crippen LogP contribution in [-0.4, -0.2) is 46.8 Å². The van der Waals surface area contributed by atoms with Gasteiger partial charge in [-0.25, -0.2) is 0 Å². The van der Waals surface area contributed by atoms with E-state index < -0.39 is 5.97 Å². The van der Waals surface area contributed by atoms with E-state index in [1.165, 1.54) is 0 Å². The van der Waals surface area contributed by atoms with Gasteiger partial charge in [-0.2, -0.15) is 0 Å². The number of nitrogens with zero attached hydrogens (tertiary/aromatic N) is 2. The Morgan fingerprint density at radius 2 is 2.19 bits per heavy atom. The second kappa shape index (κ2) is 5.05. The first-order valence-electron chi connectivity index (χ1n) is 5.18. The first kappa shape index (κ1) is 11.0. The number of aliphatic carboxylic acids is 1. The summed E-state index contributed by atoms with van der Waals surface area (Å²) in [6.07, 6.45) is 3.43. The summed E-state index contributed by atoms with van der Waals surface area (Å²) in [6.45, 7) is 1.93. The summed E-state index contributed by atoms with van der Waals surface area (Å²) in [4.78, 5) is 16.6. The van der Waals surface area contributed by atoms with Gasteiger partial charge < -0.3 is 9.84 Å². The molecule has 0 unspecified atom stereocenters. The lowest BCUT2D eigenvalue weighted by Gasteiger charge is -2.36. The lowest BCUT2D eigenvalue weighted by Crippen LogP contribution is -2.50. The first-order valence-corrected chi connectivity index (χ1v) is 5.18. The number of hydrogen-bond acceptors (Lipinski definition) is 4. The fourth-order valence-corrected chi connectivity index (χ4v) is 1.64. The van der Waals surface area contributed by atoms with Gasteiger partial charge in [-0.15, -0.1) is 0 Å². The molecule has 5 nitrogen and oxygen atoms in total. The van der Waals surface area contributed by atoms with E-state index in [1.807, 2.05) is 17.0 Å². The maximum absolute atomic E-state index is 10.7. The van der Waals surface area contributed by atoms with Crippen molar-refractivity contribution >= 4 is 5.97 Å². The van der Waals surface area contributed by atoms with Crippen molar-refractivity contribution in [3.05, 3.63) is 30.1 Å². The first-order chi connectivity index (χ1) is 7.75. The van der Waals surface area contributed by atoms with Crippen molar-refractivity contribution in [2.75, 3.05) is 19.8 Å². The van der Waals surface area contributed by atoms with Crippen molar-refractivity contribution in [1.82, 2.24) is 9.88 Å². The van der Waals surface area contributed by atoms with Crippen LogP contribution in [0.1, 0.15) is 5.56 Å². The van der Waals surface area contributed by atoms with Gasteiger partial charge in [0.05, 0.1) is 25.8 Å². The molecule has 16 heavy (non-hydrogen) atoms. The molecule has 1 aliphatic rings. The zero-order valence-corrected chi connectivity index (χ0v) is 8.87. The SMILES string of the molecule is O=C(O)CN(Cc1ccncc1)C1COC1. The molecule has 0 saturated carbocycles. The van der Waals surface area contributed by atoms with E-state index in [2.05, 4.69) is 4.98 Å². The number of rotatable bonds is 5. The summed E-state index contributed by atoms with van der Waals surface area (Å²) in [7, 11) is 0. The van der Waals surface area contributed by atoms with Crippen molar-refractivity contribution in [3.63, 3.8) is 0 Å². The van der Waals surface area contributed by atoms with Crippen LogP contribution in [0.15, 0.2) is 24.5 Å². The number of ether oxygens (including phenoxy) is 1. The van der Waals surface area contributed by atoms with Crippen molar-refractivity contribution in [3.8, 4) is 0 Å². The molecule has 1 aromatic heterocycles. The van der Waals surface area contributed by atoms with E-state index in [-0.39, 0.29) is 12.6 Å². The van der Waals surface area contributed by atoms with Gasteiger partial charge >= 0.3 is 5.97 Å². The Morgan fingerprint density at radius 1 is 1.50 bits per heavy atom. The van der Waals surface area contributed by atoms with Gasteiger partial charge in [-0.1, -0.05) is 0 Å². The van der Waals surface area contributed by atoms with Crippen LogP contribution >= 0.6 is 0 Å². The highest BCUT2D eigenvalue weighted by Crippen LogP contribution is 2.13. The minimum atomic E-state index is -0.805. The zero-order chi connectivity index (χ0) is 11.4. The van der Waals surface area contributed by atoms with Gasteiger partial charge in [0.1, 0.15) is 0 Å². The molecule has 5 heteroatoms. The van der Waals surface area contributed by atoms with Crippen molar-refractivity contribution in [2.45, 2.75) is 12.6 Å². The fourth-order valence-electron chi connectivity index (χ4n) is 1.64. The maximum atomic E-state index is 10.7. The zero-order valence-electron chi connectivity index (χ0n) is 8.87. The van der Waals surface area contributed by atoms with Crippen LogP contribution in [0.5, 0.6) is 0 Å². The number of carboxylic acid groups (broad SMARTS) is 1. The molecule has 0 amide bonds. The van der Waals surface area contributed by atoms with Crippen LogP contribution in [0.3, 0.4) is 0 Å². The third-order valence-corrected chi connectivity index (χ3v) is 2.61. The number of carboxylic acids is 1. The number of hydrogen-bond donors (Lipinski definition) is 1. The molecule has 0 aliphatic carbocycles. The Morgan fingerprint density at radius 3 is 2.69 bits per heavy atom. The Labute approximate surface area is 93.7 Å². The maximum Gasteiger partial charge on any atom is 0.317 e. The Hall–Kier alpha value is -1.46. The van der Waals surface area contributed by atoms with Crippen LogP contribution in [0, 0.1) is 0 Å². The molecule has 1 fully saturated rings. The van der Waals surface area contributed by atoms with Gasteiger partial charge in [0.2, 0.25) is 0 Å². The fraction of sp³-hybridized carbons (Fsp3) is 0.455. The van der Waals surface area contributed by atoms with Crippen LogP contribution in [-0.2, 0) is 16.1 Å². The van der Waals surface area contributed by atoms with Crippen LogP contribution in [0.25, 0.3) is 0 Å². The van der Waals surface area contributed by atoms with Crippen LogP contribution in [0.4, 0.5) is 0 Å². The van der Waals surface area contributed by atoms with Crippen LogP contribution < -0.4 is 0 Å². The second-order valence-corrected chi connectivity index (χ2v) is 3.85. The number of aromatic nitrogens is 1. The molecule has 0 radical (unpaired) electrons. The van der Waals surface area contributed by atoms with E-state index in [9.17, 15) is 4.79 Å². The van der Waals surface area contributed by atoms with E-state index >= 15 is 0 Å². The summed E-state index contributed by atoms with van der Waals surface area (Å²) < 4.78 is 5.09. The highest BCUT2D eigenvalue weighted by Gasteiger charge is 2.27. The minimum Gasteiger partial charge on any atom is -0.480 e. The summed E-state index contributed by atoms with van der Waals surface area (Å²) >= 11 is 0. The standard InChI is InChI=1S/C11H14N2O3/c14-11(15)6-13(10-7-16-8-10)5-9-1-3-12-4-2-9/h1-4,10H,5-8H2,(H,14,15). The van der Waals surface area contributed by atoms with Crippen molar-refractivity contribution < 1.29 is 14.6 Å². The van der Waals surface area contributed by atoms with E-state index in [1.54, 1.807) is 12.4 Å². The molecule has 2 heterocycles. The third-order valence-electron chi connectivity index (χ3n) is 2.61. The summed E-state index contributed by atoms with van der Waals surface area (Å²) in [5.41, 5.74) is 1.07. The average Bonchev–Trinajstić information content (AvgIpc) is 2.15. The quantitative estimate of drug-likeness (QED) is 0.779. The van der Waals surface area contributed by atoms with Gasteiger partial charge in [0.15, 0.2) is 0 Å². The smallest absolute Gasteiger partial charge is 0.317 e. The van der Waals surface area contributed by atoms with Gasteiger partial charge in [0, 0.05) is 18.9 Å². The molecular formula is C11H14N2O3. The highest BCUT2D eigenvalue weighted by atomic mass is 16.5. The second-order valence-electron chi connectivity index (χ2n) is 3.85. The Kier molecular flexibility index (Phi) is 3.48.